The van der Waals surface area contributed by atoms with Crippen LogP contribution in [-0.2, 0) is 23.8 Å². The Morgan fingerprint density at radius 2 is 1.67 bits per heavy atom. The van der Waals surface area contributed by atoms with Gasteiger partial charge in [-0.15, -0.1) is 0 Å². The van der Waals surface area contributed by atoms with Gasteiger partial charge in [0.1, 0.15) is 5.22 Å². The van der Waals surface area contributed by atoms with Crippen LogP contribution in [0.25, 0.3) is 0 Å². The molecule has 0 aromatic heterocycles. The molecule has 1 unspecified atom stereocenters. The van der Waals surface area contributed by atoms with Gasteiger partial charge in [-0.25, -0.2) is 4.79 Å². The minimum atomic E-state index is -1.38. The number of aliphatic carboxylic acids is 1. The Balaban J connectivity index is 5.90. The van der Waals surface area contributed by atoms with E-state index in [4.69, 9.17) is 19.9 Å². The molecular formula is C10H19NO6Si. The van der Waals surface area contributed by atoms with Crippen molar-refractivity contribution in [2.24, 2.45) is 5.73 Å². The molecule has 0 saturated carbocycles. The molecule has 0 heterocycles. The zero-order valence-corrected chi connectivity index (χ0v) is 13.1. The number of carboxylic acid groups (broad SMARTS) is 1. The number of carboxylic acids is 1. The molecule has 0 bridgehead atoms. The predicted molar refractivity (Wildman–Crippen MR) is 67.0 cm³/mol. The Bertz CT molecular complexity index is 365. The van der Waals surface area contributed by atoms with Crippen molar-refractivity contribution in [2.75, 3.05) is 21.3 Å². The number of rotatable bonds is 7. The van der Waals surface area contributed by atoms with Crippen molar-refractivity contribution in [1.29, 1.82) is 0 Å². The SMILES string of the molecule is COC(C)(OC)C([SiH3])(OC)/C(=C/C(N)=O)C(=O)O. The zero-order valence-electron chi connectivity index (χ0n) is 11.1. The van der Waals surface area contributed by atoms with Crippen LogP contribution in [0, 0.1) is 0 Å². The lowest BCUT2D eigenvalue weighted by atomic mass is 10.00. The van der Waals surface area contributed by atoms with E-state index in [1.54, 1.807) is 0 Å². The minimum Gasteiger partial charge on any atom is -0.478 e. The summed E-state index contributed by atoms with van der Waals surface area (Å²) in [6, 6.07) is 0. The summed E-state index contributed by atoms with van der Waals surface area (Å²) >= 11 is 0. The highest BCUT2D eigenvalue weighted by molar-refractivity contribution is 6.22. The molecule has 0 spiro atoms. The van der Waals surface area contributed by atoms with E-state index < -0.39 is 22.9 Å². The van der Waals surface area contributed by atoms with Crippen molar-refractivity contribution in [2.45, 2.75) is 17.9 Å². The fourth-order valence-corrected chi connectivity index (χ4v) is 2.33. The zero-order chi connectivity index (χ0) is 14.6. The molecule has 0 fully saturated rings. The first kappa shape index (κ1) is 16.8. The van der Waals surface area contributed by atoms with Gasteiger partial charge in [0.15, 0.2) is 5.79 Å². The summed E-state index contributed by atoms with van der Waals surface area (Å²) in [5, 5.41) is 7.82. The molecule has 3 N–H and O–H groups in total. The molecule has 104 valence electrons. The Labute approximate surface area is 108 Å². The lowest BCUT2D eigenvalue weighted by Crippen LogP contribution is -2.59. The van der Waals surface area contributed by atoms with Crippen LogP contribution in [0.2, 0.25) is 0 Å². The number of nitrogens with two attached hydrogens (primary N) is 1. The van der Waals surface area contributed by atoms with Gasteiger partial charge in [-0.3, -0.25) is 4.79 Å². The number of hydrogen-bond donors (Lipinski definition) is 2. The molecular weight excluding hydrogens is 258 g/mol. The van der Waals surface area contributed by atoms with Gasteiger partial charge in [0.25, 0.3) is 0 Å². The highest BCUT2D eigenvalue weighted by Gasteiger charge is 2.51. The van der Waals surface area contributed by atoms with Crippen molar-refractivity contribution in [3.63, 3.8) is 0 Å². The molecule has 7 nitrogen and oxygen atoms in total. The molecule has 0 aromatic carbocycles. The maximum absolute atomic E-state index is 11.3. The van der Waals surface area contributed by atoms with Crippen molar-refractivity contribution in [1.82, 2.24) is 0 Å². The van der Waals surface area contributed by atoms with E-state index in [0.717, 1.165) is 6.08 Å². The summed E-state index contributed by atoms with van der Waals surface area (Å²) in [6.07, 6.45) is 0.815. The Morgan fingerprint density at radius 1 is 1.22 bits per heavy atom. The molecule has 8 heteroatoms. The molecule has 0 aromatic rings. The number of hydrogen-bond acceptors (Lipinski definition) is 5. The highest BCUT2D eigenvalue weighted by Crippen LogP contribution is 2.33. The van der Waals surface area contributed by atoms with E-state index in [0.29, 0.717) is 0 Å². The van der Waals surface area contributed by atoms with E-state index in [9.17, 15) is 14.7 Å². The number of methoxy groups -OCH3 is 3. The maximum Gasteiger partial charge on any atom is 0.334 e. The molecule has 0 radical (unpaired) electrons. The van der Waals surface area contributed by atoms with Crippen molar-refractivity contribution >= 4 is 22.1 Å². The summed E-state index contributed by atoms with van der Waals surface area (Å²) < 4.78 is 15.6. The number of carbonyl (C=O) groups excluding carboxylic acids is 1. The van der Waals surface area contributed by atoms with Crippen LogP contribution in [0.3, 0.4) is 0 Å². The molecule has 18 heavy (non-hydrogen) atoms. The average molecular weight is 277 g/mol. The predicted octanol–water partition coefficient (Wildman–Crippen LogP) is -1.80. The third-order valence-electron chi connectivity index (χ3n) is 3.08. The summed E-state index contributed by atoms with van der Waals surface area (Å²) in [4.78, 5) is 22.2. The molecule has 0 saturated heterocycles. The first-order valence-electron chi connectivity index (χ1n) is 5.08. The van der Waals surface area contributed by atoms with Gasteiger partial charge in [0.2, 0.25) is 5.91 Å². The first-order valence-corrected chi connectivity index (χ1v) is 6.08. The fourth-order valence-electron chi connectivity index (χ4n) is 1.56. The van der Waals surface area contributed by atoms with Gasteiger partial charge >= 0.3 is 5.97 Å². The van der Waals surface area contributed by atoms with E-state index in [-0.39, 0.29) is 15.8 Å². The number of ether oxygens (including phenoxy) is 3. The minimum absolute atomic E-state index is 0.203. The van der Waals surface area contributed by atoms with Gasteiger partial charge in [-0.1, -0.05) is 0 Å². The standard InChI is InChI=1S/C10H19NO6Si/c1-9(15-2,16-3)10(18,17-4)6(8(13)14)5-7(11)12/h5H,1-4,18H3,(H2,11,12)(H,13,14)/b6-5+. The lowest BCUT2D eigenvalue weighted by molar-refractivity contribution is -0.259. The monoisotopic (exact) mass is 277 g/mol. The summed E-state index contributed by atoms with van der Waals surface area (Å²) in [5.74, 6) is -3.53. The van der Waals surface area contributed by atoms with E-state index in [1.165, 1.54) is 28.3 Å². The molecule has 0 aliphatic carbocycles. The molecule has 0 aliphatic heterocycles. The topological polar surface area (TPSA) is 108 Å². The molecule has 1 atom stereocenters. The fraction of sp³-hybridized carbons (Fsp3) is 0.600. The summed E-state index contributed by atoms with van der Waals surface area (Å²) in [6.45, 7) is 1.53. The van der Waals surface area contributed by atoms with E-state index >= 15 is 0 Å². The second-order valence-corrected chi connectivity index (χ2v) is 5.27. The van der Waals surface area contributed by atoms with E-state index in [1.807, 2.05) is 0 Å². The average Bonchev–Trinajstić information content (AvgIpc) is 2.33. The Morgan fingerprint density at radius 3 is 1.89 bits per heavy atom. The smallest absolute Gasteiger partial charge is 0.334 e. The third-order valence-corrected chi connectivity index (χ3v) is 4.94. The largest absolute Gasteiger partial charge is 0.478 e. The second kappa shape index (κ2) is 6.09. The molecule has 0 aliphatic rings. The summed E-state index contributed by atoms with van der Waals surface area (Å²) in [5.41, 5.74) is 4.71. The van der Waals surface area contributed by atoms with Crippen molar-refractivity contribution in [3.05, 3.63) is 11.6 Å². The Kier molecular flexibility index (Phi) is 5.68. The van der Waals surface area contributed by atoms with Crippen LogP contribution in [0.15, 0.2) is 11.6 Å². The number of carbonyl (C=O) groups is 2. The quantitative estimate of drug-likeness (QED) is 0.323. The van der Waals surface area contributed by atoms with Crippen LogP contribution >= 0.6 is 0 Å². The van der Waals surface area contributed by atoms with Gasteiger partial charge in [-0.2, -0.15) is 0 Å². The van der Waals surface area contributed by atoms with Crippen LogP contribution in [0.1, 0.15) is 6.92 Å². The van der Waals surface area contributed by atoms with Crippen molar-refractivity contribution < 1.29 is 28.9 Å². The van der Waals surface area contributed by atoms with Crippen LogP contribution in [-0.4, -0.2) is 59.6 Å². The summed E-state index contributed by atoms with van der Waals surface area (Å²) in [7, 11) is 4.24. The van der Waals surface area contributed by atoms with Crippen LogP contribution < -0.4 is 5.73 Å². The van der Waals surface area contributed by atoms with E-state index in [2.05, 4.69) is 0 Å². The van der Waals surface area contributed by atoms with Gasteiger partial charge < -0.3 is 25.1 Å². The van der Waals surface area contributed by atoms with Gasteiger partial charge in [0, 0.05) is 27.4 Å². The molecule has 0 rings (SSSR count). The first-order chi connectivity index (χ1) is 8.18. The van der Waals surface area contributed by atoms with Gasteiger partial charge in [-0.05, 0) is 6.92 Å². The number of amides is 1. The van der Waals surface area contributed by atoms with Crippen LogP contribution in [0.4, 0.5) is 0 Å². The Hall–Kier alpha value is -1.22. The van der Waals surface area contributed by atoms with Crippen LogP contribution in [0.5, 0.6) is 0 Å². The second-order valence-electron chi connectivity index (χ2n) is 3.86. The normalized spacial score (nSPS) is 16.3. The lowest BCUT2D eigenvalue weighted by Gasteiger charge is -2.43. The third kappa shape index (κ3) is 2.96. The van der Waals surface area contributed by atoms with Crippen molar-refractivity contribution in [3.8, 4) is 0 Å². The number of primary amides is 1. The highest BCUT2D eigenvalue weighted by atomic mass is 28.1. The van der Waals surface area contributed by atoms with Gasteiger partial charge in [0.05, 0.1) is 15.8 Å². The maximum atomic E-state index is 11.3. The molecule has 1 amide bonds.